The lowest BCUT2D eigenvalue weighted by Gasteiger charge is -2.13. The van der Waals surface area contributed by atoms with Crippen LogP contribution < -0.4 is 10.6 Å². The van der Waals surface area contributed by atoms with E-state index in [9.17, 15) is 8.78 Å². The lowest BCUT2D eigenvalue weighted by molar-refractivity contribution is 0.579. The van der Waals surface area contributed by atoms with Crippen molar-refractivity contribution in [1.29, 1.82) is 0 Å². The molecule has 7 nitrogen and oxygen atoms in total. The van der Waals surface area contributed by atoms with Crippen molar-refractivity contribution in [3.63, 3.8) is 0 Å². The van der Waals surface area contributed by atoms with Crippen LogP contribution in [0.3, 0.4) is 0 Å². The molecule has 10 heteroatoms. The molecule has 0 amide bonds. The van der Waals surface area contributed by atoms with Gasteiger partial charge in [0.05, 0.1) is 41.1 Å². The van der Waals surface area contributed by atoms with Crippen molar-refractivity contribution in [1.82, 2.24) is 25.3 Å². The molecule has 0 atom stereocenters. The molecule has 0 saturated heterocycles. The smallest absolute Gasteiger partial charge is 0.227 e. The number of benzene rings is 3. The lowest BCUT2D eigenvalue weighted by atomic mass is 9.95. The summed E-state index contributed by atoms with van der Waals surface area (Å²) >= 11 is 6.30. The quantitative estimate of drug-likeness (QED) is 0.244. The maximum atomic E-state index is 14.8. The number of imidazole rings is 1. The van der Waals surface area contributed by atoms with Gasteiger partial charge in [0.1, 0.15) is 17.5 Å². The summed E-state index contributed by atoms with van der Waals surface area (Å²) in [6.07, 6.45) is 1.67. The van der Waals surface area contributed by atoms with Crippen LogP contribution in [0.5, 0.6) is 0 Å². The second-order valence-corrected chi connectivity index (χ2v) is 9.03. The van der Waals surface area contributed by atoms with E-state index in [1.807, 2.05) is 25.2 Å². The van der Waals surface area contributed by atoms with E-state index in [4.69, 9.17) is 16.6 Å². The van der Waals surface area contributed by atoms with E-state index >= 15 is 0 Å². The Morgan fingerprint density at radius 3 is 2.61 bits per heavy atom. The average Bonchev–Trinajstić information content (AvgIpc) is 3.21. The van der Waals surface area contributed by atoms with Crippen LogP contribution in [0, 0.1) is 11.6 Å². The molecule has 3 aromatic carbocycles. The summed E-state index contributed by atoms with van der Waals surface area (Å²) in [5, 5.41) is 6.74. The molecule has 0 bridgehead atoms. The lowest BCUT2D eigenvalue weighted by Crippen LogP contribution is -2.10. The third-order valence-electron chi connectivity index (χ3n) is 6.09. The molecule has 0 unspecified atom stereocenters. The monoisotopic (exact) mass is 531 g/mol. The maximum Gasteiger partial charge on any atom is 0.227 e. The molecule has 3 heterocycles. The number of anilines is 2. The SMILES string of the molecule is C.CNCc1nc2ccc(Nc3ncc4c(n3)-c3ccc(Cl)cc3C(c3c(F)cccc3F)=NC4)cc2[nH]1. The summed E-state index contributed by atoms with van der Waals surface area (Å²) in [6, 6.07) is 14.7. The summed E-state index contributed by atoms with van der Waals surface area (Å²) in [5.74, 6) is -0.185. The number of hydrogen-bond acceptors (Lipinski definition) is 6. The number of aromatic amines is 1. The maximum absolute atomic E-state index is 14.8. The molecule has 0 fully saturated rings. The van der Waals surface area contributed by atoms with Crippen molar-refractivity contribution in [2.45, 2.75) is 20.5 Å². The highest BCUT2D eigenvalue weighted by Crippen LogP contribution is 2.35. The number of aromatic nitrogens is 4. The average molecular weight is 532 g/mol. The normalized spacial score (nSPS) is 12.3. The van der Waals surface area contributed by atoms with Crippen molar-refractivity contribution in [2.75, 3.05) is 12.4 Å². The van der Waals surface area contributed by atoms with Crippen molar-refractivity contribution in [3.05, 3.63) is 100.0 Å². The number of nitrogens with one attached hydrogen (secondary N) is 3. The van der Waals surface area contributed by atoms with Crippen molar-refractivity contribution in [2.24, 2.45) is 4.99 Å². The molecule has 0 aliphatic carbocycles. The fraction of sp³-hybridized carbons (Fsp3) is 0.143. The number of rotatable bonds is 5. The molecule has 5 aromatic rings. The molecule has 0 spiro atoms. The van der Waals surface area contributed by atoms with Gasteiger partial charge < -0.3 is 15.6 Å². The fourth-order valence-electron chi connectivity index (χ4n) is 4.44. The van der Waals surface area contributed by atoms with Gasteiger partial charge in [-0.2, -0.15) is 0 Å². The Morgan fingerprint density at radius 1 is 1.00 bits per heavy atom. The van der Waals surface area contributed by atoms with Gasteiger partial charge in [0, 0.05) is 33.6 Å². The third-order valence-corrected chi connectivity index (χ3v) is 6.33. The summed E-state index contributed by atoms with van der Waals surface area (Å²) in [7, 11) is 1.86. The van der Waals surface area contributed by atoms with Gasteiger partial charge >= 0.3 is 0 Å². The fourth-order valence-corrected chi connectivity index (χ4v) is 4.61. The number of halogens is 3. The van der Waals surface area contributed by atoms with Gasteiger partial charge in [-0.25, -0.2) is 23.7 Å². The first kappa shape index (κ1) is 25.4. The Labute approximate surface area is 223 Å². The summed E-state index contributed by atoms with van der Waals surface area (Å²) < 4.78 is 29.5. The van der Waals surface area contributed by atoms with E-state index in [1.165, 1.54) is 18.2 Å². The van der Waals surface area contributed by atoms with E-state index in [0.717, 1.165) is 28.1 Å². The summed E-state index contributed by atoms with van der Waals surface area (Å²) in [4.78, 5) is 21.6. The molecular formula is C28H24ClF2N7. The van der Waals surface area contributed by atoms with Gasteiger partial charge in [-0.05, 0) is 49.5 Å². The molecule has 1 aliphatic heterocycles. The number of hydrogen-bond donors (Lipinski definition) is 3. The number of fused-ring (bicyclic) bond motifs is 4. The predicted molar refractivity (Wildman–Crippen MR) is 147 cm³/mol. The minimum atomic E-state index is -0.698. The third kappa shape index (κ3) is 4.62. The number of nitrogens with zero attached hydrogens (tertiary/aromatic N) is 4. The largest absolute Gasteiger partial charge is 0.341 e. The molecule has 6 rings (SSSR count). The Kier molecular flexibility index (Phi) is 6.88. The molecule has 192 valence electrons. The molecule has 38 heavy (non-hydrogen) atoms. The highest BCUT2D eigenvalue weighted by molar-refractivity contribution is 6.31. The minimum absolute atomic E-state index is 0. The summed E-state index contributed by atoms with van der Waals surface area (Å²) in [6.45, 7) is 0.787. The Hall–Kier alpha value is -4.21. The second kappa shape index (κ2) is 10.3. The standard InChI is InChI=1S/C27H20ClF2N7.CH4/c1-31-13-23-35-21-8-6-16(10-22(21)36-23)34-27-33-12-14-11-32-26(24-19(29)3-2-4-20(24)30)18-9-15(28)5-7-17(18)25(14)37-27;/h2-10,12,31H,11,13H2,1H3,(H,35,36)(H,33,34,37);1H4. The van der Waals surface area contributed by atoms with Crippen LogP contribution in [-0.2, 0) is 13.1 Å². The Morgan fingerprint density at radius 2 is 1.82 bits per heavy atom. The first-order valence-corrected chi connectivity index (χ1v) is 11.9. The Bertz CT molecular complexity index is 1680. The van der Waals surface area contributed by atoms with E-state index in [-0.39, 0.29) is 25.2 Å². The van der Waals surface area contributed by atoms with Gasteiger partial charge in [-0.3, -0.25) is 4.99 Å². The molecule has 1 aliphatic rings. The highest BCUT2D eigenvalue weighted by Gasteiger charge is 2.25. The van der Waals surface area contributed by atoms with Crippen LogP contribution in [-0.4, -0.2) is 32.7 Å². The summed E-state index contributed by atoms with van der Waals surface area (Å²) in [5.41, 5.74) is 4.99. The van der Waals surface area contributed by atoms with Crippen LogP contribution in [0.2, 0.25) is 5.02 Å². The second-order valence-electron chi connectivity index (χ2n) is 8.59. The van der Waals surface area contributed by atoms with E-state index in [2.05, 4.69) is 30.6 Å². The van der Waals surface area contributed by atoms with Gasteiger partial charge in [-0.1, -0.05) is 31.2 Å². The number of aliphatic imine (C=N–C) groups is 1. The molecule has 0 saturated carbocycles. The van der Waals surface area contributed by atoms with Gasteiger partial charge in [0.2, 0.25) is 5.95 Å². The predicted octanol–water partition coefficient (Wildman–Crippen LogP) is 6.40. The highest BCUT2D eigenvalue weighted by atomic mass is 35.5. The van der Waals surface area contributed by atoms with Crippen molar-refractivity contribution < 1.29 is 8.78 Å². The van der Waals surface area contributed by atoms with E-state index in [1.54, 1.807) is 24.4 Å². The van der Waals surface area contributed by atoms with Crippen molar-refractivity contribution in [3.8, 4) is 11.3 Å². The molecule has 2 aromatic heterocycles. The van der Waals surface area contributed by atoms with Crippen LogP contribution in [0.25, 0.3) is 22.3 Å². The minimum Gasteiger partial charge on any atom is -0.341 e. The molecular weight excluding hydrogens is 508 g/mol. The van der Waals surface area contributed by atoms with Crippen LogP contribution in [0.1, 0.15) is 29.9 Å². The molecule has 0 radical (unpaired) electrons. The molecule has 3 N–H and O–H groups in total. The van der Waals surface area contributed by atoms with Crippen LogP contribution in [0.15, 0.2) is 65.8 Å². The zero-order valence-corrected chi connectivity index (χ0v) is 20.4. The van der Waals surface area contributed by atoms with E-state index < -0.39 is 11.6 Å². The van der Waals surface area contributed by atoms with Crippen LogP contribution >= 0.6 is 11.6 Å². The van der Waals surface area contributed by atoms with Gasteiger partial charge in [0.25, 0.3) is 0 Å². The van der Waals surface area contributed by atoms with Crippen LogP contribution in [0.4, 0.5) is 20.4 Å². The van der Waals surface area contributed by atoms with Gasteiger partial charge in [-0.15, -0.1) is 0 Å². The zero-order valence-electron chi connectivity index (χ0n) is 19.6. The topological polar surface area (TPSA) is 90.9 Å². The zero-order chi connectivity index (χ0) is 25.5. The van der Waals surface area contributed by atoms with Gasteiger partial charge in [0.15, 0.2) is 0 Å². The number of H-pyrrole nitrogens is 1. The van der Waals surface area contributed by atoms with E-state index in [0.29, 0.717) is 34.3 Å². The first-order valence-electron chi connectivity index (χ1n) is 11.6. The van der Waals surface area contributed by atoms with Crippen molar-refractivity contribution >= 4 is 40.0 Å². The Balaban J connectivity index is 0.00000294. The first-order chi connectivity index (χ1) is 18.0.